The topological polar surface area (TPSA) is 155 Å². The number of nitrogens with two attached hydrogens (primary N) is 2. The largest absolute Gasteiger partial charge is 0.461 e. The first kappa shape index (κ1) is 21.8. The van der Waals surface area contributed by atoms with Crippen molar-refractivity contribution in [3.63, 3.8) is 0 Å². The molecular formula is C24H25N7O3. The average Bonchev–Trinajstić information content (AvgIpc) is 3.56. The van der Waals surface area contributed by atoms with Gasteiger partial charge in [0, 0.05) is 24.3 Å². The number of aryl methyl sites for hydroxylation is 1. The van der Waals surface area contributed by atoms with E-state index >= 15 is 0 Å². The van der Waals surface area contributed by atoms with E-state index in [1.807, 2.05) is 19.1 Å². The summed E-state index contributed by atoms with van der Waals surface area (Å²) >= 11 is 0. The molecule has 1 aliphatic carbocycles. The van der Waals surface area contributed by atoms with Crippen molar-refractivity contribution in [1.29, 1.82) is 0 Å². The van der Waals surface area contributed by atoms with Gasteiger partial charge in [-0.1, -0.05) is 6.07 Å². The molecule has 0 bridgehead atoms. The number of nitrogens with zero attached hydrogens (tertiary/aromatic N) is 4. The molecule has 0 saturated heterocycles. The van der Waals surface area contributed by atoms with E-state index in [1.54, 1.807) is 31.6 Å². The zero-order valence-electron chi connectivity index (χ0n) is 18.9. The molecule has 5 rings (SSSR count). The lowest BCUT2D eigenvalue weighted by molar-refractivity contribution is 0.0395. The Morgan fingerprint density at radius 3 is 2.79 bits per heavy atom. The van der Waals surface area contributed by atoms with Crippen LogP contribution in [0.1, 0.15) is 28.9 Å². The van der Waals surface area contributed by atoms with Gasteiger partial charge in [-0.05, 0) is 55.0 Å². The normalized spacial score (nSPS) is 14.3. The summed E-state index contributed by atoms with van der Waals surface area (Å²) in [5, 5.41) is 7.98. The van der Waals surface area contributed by atoms with Crippen molar-refractivity contribution in [2.75, 3.05) is 19.5 Å². The predicted octanol–water partition coefficient (Wildman–Crippen LogP) is 2.88. The number of nitrogens with one attached hydrogen (secondary N) is 1. The van der Waals surface area contributed by atoms with Crippen molar-refractivity contribution >= 4 is 22.5 Å². The van der Waals surface area contributed by atoms with Crippen LogP contribution in [0.4, 0.5) is 5.69 Å². The molecular weight excluding hydrogens is 434 g/mol. The molecule has 1 aromatic carbocycles. The number of H-pyrrole nitrogens is 1. The highest BCUT2D eigenvalue weighted by molar-refractivity contribution is 6.05. The van der Waals surface area contributed by atoms with Gasteiger partial charge < -0.3 is 20.9 Å². The van der Waals surface area contributed by atoms with Gasteiger partial charge in [-0.15, -0.1) is 0 Å². The fourth-order valence-electron chi connectivity index (χ4n) is 4.14. The highest BCUT2D eigenvalue weighted by Gasteiger charge is 2.32. The van der Waals surface area contributed by atoms with E-state index in [4.69, 9.17) is 20.9 Å². The third-order valence-corrected chi connectivity index (χ3v) is 6.12. The maximum atomic E-state index is 12.2. The van der Waals surface area contributed by atoms with E-state index in [0.29, 0.717) is 29.5 Å². The number of amides is 1. The van der Waals surface area contributed by atoms with Crippen LogP contribution in [0.2, 0.25) is 0 Å². The van der Waals surface area contributed by atoms with Gasteiger partial charge in [0.25, 0.3) is 5.91 Å². The number of anilines is 1. The predicted molar refractivity (Wildman–Crippen MR) is 127 cm³/mol. The summed E-state index contributed by atoms with van der Waals surface area (Å²) in [6.07, 6.45) is 5.59. The SMILES string of the molecule is COC(COc1nccc(-c2cc(-c3c(C)ccc4[nH]ncc34)c(N)c(C(N)=O)n2)n1)C1CC1. The second-order valence-corrected chi connectivity index (χ2v) is 8.42. The van der Waals surface area contributed by atoms with Crippen molar-refractivity contribution in [2.24, 2.45) is 11.7 Å². The molecule has 3 aromatic heterocycles. The monoisotopic (exact) mass is 459 g/mol. The van der Waals surface area contributed by atoms with Crippen molar-refractivity contribution in [1.82, 2.24) is 25.1 Å². The van der Waals surface area contributed by atoms with Crippen LogP contribution in [-0.4, -0.2) is 50.9 Å². The second kappa shape index (κ2) is 8.71. The second-order valence-electron chi connectivity index (χ2n) is 8.42. The molecule has 0 spiro atoms. The van der Waals surface area contributed by atoms with Gasteiger partial charge in [-0.25, -0.2) is 9.97 Å². The van der Waals surface area contributed by atoms with Crippen LogP contribution in [0, 0.1) is 12.8 Å². The minimum Gasteiger partial charge on any atom is -0.461 e. The number of carbonyl (C=O) groups is 1. The highest BCUT2D eigenvalue weighted by atomic mass is 16.5. The molecule has 1 fully saturated rings. The molecule has 0 radical (unpaired) electrons. The number of primary amides is 1. The zero-order valence-corrected chi connectivity index (χ0v) is 18.9. The summed E-state index contributed by atoms with van der Waals surface area (Å²) in [6.45, 7) is 2.33. The van der Waals surface area contributed by atoms with Crippen LogP contribution in [0.5, 0.6) is 6.01 Å². The fraction of sp³-hybridized carbons (Fsp3) is 0.292. The lowest BCUT2D eigenvalue weighted by Gasteiger charge is -2.16. The van der Waals surface area contributed by atoms with Crippen LogP contribution in [0.25, 0.3) is 33.4 Å². The van der Waals surface area contributed by atoms with Gasteiger partial charge >= 0.3 is 6.01 Å². The number of rotatable bonds is 8. The standard InChI is InChI=1S/C24H25N7O3/c1-12-3-6-16-15(10-28-31-16)20(12)14-9-18(29-22(21(14)25)23(26)32)17-7-8-27-24(30-17)34-11-19(33-2)13-4-5-13/h3,6-10,13,19H,4-5,11,25H2,1-2H3,(H2,26,32)(H,28,31). The van der Waals surface area contributed by atoms with Gasteiger partial charge in [0.2, 0.25) is 0 Å². The number of ether oxygens (including phenoxy) is 2. The smallest absolute Gasteiger partial charge is 0.317 e. The molecule has 4 aromatic rings. The number of hydrogen-bond donors (Lipinski definition) is 3. The molecule has 1 unspecified atom stereocenters. The summed E-state index contributed by atoms with van der Waals surface area (Å²) in [6, 6.07) is 7.60. The summed E-state index contributed by atoms with van der Waals surface area (Å²) in [5.74, 6) is -0.211. The maximum absolute atomic E-state index is 12.2. The quantitative estimate of drug-likeness (QED) is 0.363. The van der Waals surface area contributed by atoms with Crippen molar-refractivity contribution in [3.05, 3.63) is 47.9 Å². The van der Waals surface area contributed by atoms with E-state index < -0.39 is 5.91 Å². The fourth-order valence-corrected chi connectivity index (χ4v) is 4.14. The minimum absolute atomic E-state index is 0.00777. The van der Waals surface area contributed by atoms with Gasteiger partial charge in [0.1, 0.15) is 6.61 Å². The van der Waals surface area contributed by atoms with Crippen LogP contribution in [0.15, 0.2) is 36.7 Å². The molecule has 5 N–H and O–H groups in total. The van der Waals surface area contributed by atoms with E-state index in [-0.39, 0.29) is 23.5 Å². The van der Waals surface area contributed by atoms with Gasteiger partial charge in [-0.2, -0.15) is 10.1 Å². The number of methoxy groups -OCH3 is 1. The number of aromatic nitrogens is 5. The zero-order chi connectivity index (χ0) is 23.8. The Labute approximate surface area is 195 Å². The molecule has 3 heterocycles. The number of fused-ring (bicyclic) bond motifs is 1. The van der Waals surface area contributed by atoms with Gasteiger partial charge in [-0.3, -0.25) is 9.89 Å². The van der Waals surface area contributed by atoms with Crippen molar-refractivity contribution in [3.8, 4) is 28.5 Å². The molecule has 1 amide bonds. The molecule has 1 saturated carbocycles. The Kier molecular flexibility index (Phi) is 5.58. The number of benzene rings is 1. The summed E-state index contributed by atoms with van der Waals surface area (Å²) < 4.78 is 11.3. The van der Waals surface area contributed by atoms with E-state index in [2.05, 4.69) is 25.1 Å². The lowest BCUT2D eigenvalue weighted by atomic mass is 9.94. The number of aromatic amines is 1. The Balaban J connectivity index is 1.58. The number of carbonyl (C=O) groups excluding carboxylic acids is 1. The average molecular weight is 460 g/mol. The van der Waals surface area contributed by atoms with E-state index in [0.717, 1.165) is 34.9 Å². The molecule has 10 heteroatoms. The minimum atomic E-state index is -0.726. The number of pyridine rings is 1. The van der Waals surface area contributed by atoms with Crippen LogP contribution < -0.4 is 16.2 Å². The first-order valence-electron chi connectivity index (χ1n) is 11.0. The Bertz CT molecular complexity index is 1380. The molecule has 10 nitrogen and oxygen atoms in total. The first-order valence-corrected chi connectivity index (χ1v) is 11.0. The summed E-state index contributed by atoms with van der Waals surface area (Å²) in [4.78, 5) is 25.4. The molecule has 174 valence electrons. The summed E-state index contributed by atoms with van der Waals surface area (Å²) in [5.41, 5.74) is 16.4. The van der Waals surface area contributed by atoms with Crippen molar-refractivity contribution in [2.45, 2.75) is 25.9 Å². The Hall–Kier alpha value is -4.05. The van der Waals surface area contributed by atoms with Crippen LogP contribution in [0.3, 0.4) is 0 Å². The maximum Gasteiger partial charge on any atom is 0.317 e. The highest BCUT2D eigenvalue weighted by Crippen LogP contribution is 2.38. The molecule has 1 atom stereocenters. The van der Waals surface area contributed by atoms with Gasteiger partial charge in [0.15, 0.2) is 5.69 Å². The van der Waals surface area contributed by atoms with E-state index in [1.165, 1.54) is 0 Å². The van der Waals surface area contributed by atoms with Crippen molar-refractivity contribution < 1.29 is 14.3 Å². The molecule has 0 aliphatic heterocycles. The Morgan fingerprint density at radius 1 is 1.24 bits per heavy atom. The first-order chi connectivity index (χ1) is 16.5. The third kappa shape index (κ3) is 4.03. The third-order valence-electron chi connectivity index (χ3n) is 6.12. The van der Waals surface area contributed by atoms with Crippen LogP contribution in [-0.2, 0) is 4.74 Å². The summed E-state index contributed by atoms with van der Waals surface area (Å²) in [7, 11) is 1.68. The number of hydrogen-bond acceptors (Lipinski definition) is 8. The lowest BCUT2D eigenvalue weighted by Crippen LogP contribution is -2.23. The Morgan fingerprint density at radius 2 is 2.06 bits per heavy atom. The molecule has 34 heavy (non-hydrogen) atoms. The van der Waals surface area contributed by atoms with E-state index in [9.17, 15) is 4.79 Å². The van der Waals surface area contributed by atoms with Gasteiger partial charge in [0.05, 0.1) is 34.9 Å². The van der Waals surface area contributed by atoms with Crippen LogP contribution >= 0.6 is 0 Å². The molecule has 1 aliphatic rings. The number of nitrogen functional groups attached to an aromatic ring is 1.